The molecule has 3 aromatic rings. The molecule has 20 heavy (non-hydrogen) atoms. The van der Waals surface area contributed by atoms with Gasteiger partial charge in [-0.3, -0.25) is 4.40 Å². The fraction of sp³-hybridized carbons (Fsp3) is 0.167. The third kappa shape index (κ3) is 2.63. The van der Waals surface area contributed by atoms with Gasteiger partial charge >= 0.3 is 27.2 Å². The number of rotatable bonds is 2. The molecule has 0 aromatic carbocycles. The van der Waals surface area contributed by atoms with E-state index in [0.29, 0.717) is 0 Å². The van der Waals surface area contributed by atoms with Crippen LogP contribution in [0, 0.1) is 6.33 Å². The van der Waals surface area contributed by atoms with Gasteiger partial charge in [0.2, 0.25) is 0 Å². The number of hydrogen-bond acceptors (Lipinski definition) is 2. The number of aromatic nitrogens is 4. The molecule has 0 aliphatic heterocycles. The predicted molar refractivity (Wildman–Crippen MR) is 60.4 cm³/mol. The largest absolute Gasteiger partial charge is 2.00 e. The van der Waals surface area contributed by atoms with Crippen LogP contribution in [0.2, 0.25) is 0 Å². The van der Waals surface area contributed by atoms with Gasteiger partial charge in [-0.25, -0.2) is 4.98 Å². The van der Waals surface area contributed by atoms with Gasteiger partial charge < -0.3 is 9.55 Å². The van der Waals surface area contributed by atoms with Crippen LogP contribution >= 0.6 is 0 Å². The minimum Gasteiger partial charge on any atom is -0.449 e. The van der Waals surface area contributed by atoms with Crippen LogP contribution in [0.1, 0.15) is 11.4 Å². The summed E-state index contributed by atoms with van der Waals surface area (Å²) >= 11 is 0. The van der Waals surface area contributed by atoms with Crippen LogP contribution in [0.25, 0.3) is 5.65 Å². The molecule has 0 spiro atoms. The van der Waals surface area contributed by atoms with E-state index in [1.807, 2.05) is 0 Å². The Morgan fingerprint density at radius 2 is 2.00 bits per heavy atom. The molecule has 8 heteroatoms. The van der Waals surface area contributed by atoms with Crippen molar-refractivity contribution < 1.29 is 34.2 Å². The summed E-state index contributed by atoms with van der Waals surface area (Å²) in [6.45, 7) is -0.0173. The van der Waals surface area contributed by atoms with Crippen molar-refractivity contribution in [3.05, 3.63) is 54.5 Å². The zero-order valence-corrected chi connectivity index (χ0v) is 12.9. The molecule has 0 radical (unpaired) electrons. The summed E-state index contributed by atoms with van der Waals surface area (Å²) in [5.41, 5.74) is -0.539. The standard InChI is InChI=1S/C12H8F3N4.W/c13-12(14,15)11-9(7-18-6-4-16-8-18)17-10-3-1-2-5-19(10)11;/h1-6H,7H2;/q-1;+2. The maximum atomic E-state index is 13.1. The quantitative estimate of drug-likeness (QED) is 0.564. The van der Waals surface area contributed by atoms with Gasteiger partial charge in [-0.1, -0.05) is 6.07 Å². The molecular weight excluding hydrogens is 441 g/mol. The predicted octanol–water partition coefficient (Wildman–Crippen LogP) is 2.40. The van der Waals surface area contributed by atoms with Crippen LogP contribution in [-0.2, 0) is 33.8 Å². The molecular formula is C12H8F3N4W+. The second-order valence-electron chi connectivity index (χ2n) is 3.99. The molecule has 3 rings (SSSR count). The molecule has 0 unspecified atom stereocenters. The van der Waals surface area contributed by atoms with Crippen LogP contribution in [0.15, 0.2) is 36.8 Å². The second-order valence-corrected chi connectivity index (χ2v) is 3.99. The van der Waals surface area contributed by atoms with E-state index in [0.717, 1.165) is 4.40 Å². The molecule has 0 aliphatic rings. The van der Waals surface area contributed by atoms with Crippen LogP contribution in [0.3, 0.4) is 0 Å². The van der Waals surface area contributed by atoms with Crippen LogP contribution in [0.5, 0.6) is 0 Å². The van der Waals surface area contributed by atoms with Gasteiger partial charge in [-0.05, 0) is 12.1 Å². The van der Waals surface area contributed by atoms with Crippen LogP contribution in [0.4, 0.5) is 13.2 Å². The molecule has 0 bridgehead atoms. The van der Waals surface area contributed by atoms with Crippen LogP contribution in [-0.4, -0.2) is 18.9 Å². The Hall–Kier alpha value is -1.62. The molecule has 0 N–H and O–H groups in total. The summed E-state index contributed by atoms with van der Waals surface area (Å²) in [4.78, 5) is 7.71. The molecule has 0 amide bonds. The first-order valence-electron chi connectivity index (χ1n) is 5.47. The Balaban J connectivity index is 0.00000147. The number of fused-ring (bicyclic) bond motifs is 1. The molecule has 3 aromatic heterocycles. The fourth-order valence-electron chi connectivity index (χ4n) is 1.96. The van der Waals surface area contributed by atoms with E-state index >= 15 is 0 Å². The summed E-state index contributed by atoms with van der Waals surface area (Å²) in [5, 5.41) is 0. The summed E-state index contributed by atoms with van der Waals surface area (Å²) < 4.78 is 41.9. The van der Waals surface area contributed by atoms with E-state index in [2.05, 4.69) is 16.3 Å². The first kappa shape index (κ1) is 14.8. The molecule has 0 aliphatic carbocycles. The third-order valence-electron chi connectivity index (χ3n) is 2.70. The smallest absolute Gasteiger partial charge is 0.449 e. The van der Waals surface area contributed by atoms with Gasteiger partial charge in [-0.2, -0.15) is 13.2 Å². The minimum atomic E-state index is -4.46. The Morgan fingerprint density at radius 1 is 1.20 bits per heavy atom. The first-order chi connectivity index (χ1) is 9.05. The van der Waals surface area contributed by atoms with Crippen molar-refractivity contribution in [2.75, 3.05) is 0 Å². The topological polar surface area (TPSA) is 35.1 Å². The van der Waals surface area contributed by atoms with E-state index in [1.54, 1.807) is 12.3 Å². The van der Waals surface area contributed by atoms with E-state index in [1.165, 1.54) is 29.1 Å². The molecule has 0 atom stereocenters. The number of hydrogen-bond donors (Lipinski definition) is 0. The Kier molecular flexibility index (Phi) is 3.99. The van der Waals surface area contributed by atoms with E-state index < -0.39 is 11.9 Å². The summed E-state index contributed by atoms with van der Waals surface area (Å²) in [5.74, 6) is 0. The van der Waals surface area contributed by atoms with Gasteiger partial charge in [0.15, 0.2) is 5.69 Å². The maximum Gasteiger partial charge on any atom is 2.00 e. The van der Waals surface area contributed by atoms with Crippen molar-refractivity contribution in [3.63, 3.8) is 0 Å². The average molecular weight is 449 g/mol. The Morgan fingerprint density at radius 3 is 2.65 bits per heavy atom. The third-order valence-corrected chi connectivity index (χ3v) is 2.70. The summed E-state index contributed by atoms with van der Waals surface area (Å²) in [6.07, 6.45) is 2.46. The number of pyridine rings is 1. The van der Waals surface area contributed by atoms with Gasteiger partial charge in [0.25, 0.3) is 0 Å². The summed E-state index contributed by atoms with van der Waals surface area (Å²) in [6, 6.07) is 4.73. The van der Waals surface area contributed by atoms with Crippen molar-refractivity contribution in [1.82, 2.24) is 18.9 Å². The zero-order valence-electron chi connectivity index (χ0n) is 10.0. The van der Waals surface area contributed by atoms with Gasteiger partial charge in [-0.15, -0.1) is 12.4 Å². The molecule has 102 valence electrons. The molecule has 0 saturated heterocycles. The van der Waals surface area contributed by atoms with E-state index in [-0.39, 0.29) is 39.0 Å². The van der Waals surface area contributed by atoms with Gasteiger partial charge in [0.1, 0.15) is 5.65 Å². The normalized spacial score (nSPS) is 11.6. The van der Waals surface area contributed by atoms with Crippen LogP contribution < -0.4 is 0 Å². The molecule has 4 nitrogen and oxygen atoms in total. The Labute approximate surface area is 126 Å². The van der Waals surface area contributed by atoms with Gasteiger partial charge in [0.05, 0.1) is 5.69 Å². The SMILES string of the molecule is FC(F)(F)c1c(Cn2[c-]ncc2)nc2ccccn12.[W+2]. The first-order valence-corrected chi connectivity index (χ1v) is 5.47. The Bertz CT molecular complexity index is 703. The number of alkyl halides is 3. The van der Waals surface area contributed by atoms with Crippen molar-refractivity contribution >= 4 is 5.65 Å². The van der Waals surface area contributed by atoms with Gasteiger partial charge in [0, 0.05) is 19.1 Å². The van der Waals surface area contributed by atoms with Crippen molar-refractivity contribution in [1.29, 1.82) is 0 Å². The monoisotopic (exact) mass is 449 g/mol. The average Bonchev–Trinajstić information content (AvgIpc) is 2.94. The van der Waals surface area contributed by atoms with E-state index in [9.17, 15) is 13.2 Å². The van der Waals surface area contributed by atoms with Crippen molar-refractivity contribution in [3.8, 4) is 0 Å². The van der Waals surface area contributed by atoms with Crippen molar-refractivity contribution in [2.45, 2.75) is 12.7 Å². The zero-order chi connectivity index (χ0) is 13.5. The van der Waals surface area contributed by atoms with Crippen molar-refractivity contribution in [2.24, 2.45) is 0 Å². The number of imidazole rings is 2. The van der Waals surface area contributed by atoms with E-state index in [4.69, 9.17) is 0 Å². The second kappa shape index (κ2) is 5.40. The molecule has 3 heterocycles. The molecule has 0 fully saturated rings. The fourth-order valence-corrected chi connectivity index (χ4v) is 1.96. The minimum absolute atomic E-state index is 0. The summed E-state index contributed by atoms with van der Waals surface area (Å²) in [7, 11) is 0. The maximum absolute atomic E-state index is 13.1. The number of halogens is 3. The molecule has 0 saturated carbocycles. The number of nitrogens with zero attached hydrogens (tertiary/aromatic N) is 4.